The predicted octanol–water partition coefficient (Wildman–Crippen LogP) is 3.59. The number of methoxy groups -OCH3 is 1. The third kappa shape index (κ3) is 3.23. The number of hydrogen-bond donors (Lipinski definition) is 1. The van der Waals surface area contributed by atoms with E-state index in [1.807, 2.05) is 25.1 Å². The number of aromatic nitrogens is 1. The van der Waals surface area contributed by atoms with E-state index in [0.29, 0.717) is 12.2 Å². The van der Waals surface area contributed by atoms with E-state index in [-0.39, 0.29) is 5.78 Å². The number of carbonyl (C=O) groups is 1. The molecule has 1 heterocycles. The van der Waals surface area contributed by atoms with Gasteiger partial charge in [0.2, 0.25) is 0 Å². The molecule has 1 aromatic heterocycles. The molecule has 0 saturated heterocycles. The summed E-state index contributed by atoms with van der Waals surface area (Å²) in [7, 11) is 1.69. The van der Waals surface area contributed by atoms with Crippen LogP contribution >= 0.6 is 11.5 Å². The van der Waals surface area contributed by atoms with Gasteiger partial charge in [-0.25, -0.2) is 0 Å². The molecule has 0 bridgehead atoms. The Balaban J connectivity index is 2.28. The second-order valence-corrected chi connectivity index (χ2v) is 5.33. The van der Waals surface area contributed by atoms with Crippen LogP contribution in [0.1, 0.15) is 28.5 Å². The maximum atomic E-state index is 11.7. The Bertz CT molecular complexity index is 608. The summed E-state index contributed by atoms with van der Waals surface area (Å²) in [6, 6.07) is 8.03. The summed E-state index contributed by atoms with van der Waals surface area (Å²) < 4.78 is 9.38. The number of aryl methyl sites for hydroxylation is 1. The first-order valence-corrected chi connectivity index (χ1v) is 7.22. The standard InChI is InChI=1S/C15H18N2O2S/c1-10-14(11(2)18)15(20-17-10)16-13-7-5-4-6-12(13)8-9-19-3/h4-7,16H,8-9H2,1-3H3. The Morgan fingerprint density at radius 1 is 1.40 bits per heavy atom. The summed E-state index contributed by atoms with van der Waals surface area (Å²) in [5.74, 6) is 0.0353. The fourth-order valence-corrected chi connectivity index (χ4v) is 2.92. The monoisotopic (exact) mass is 290 g/mol. The number of nitrogens with zero attached hydrogens (tertiary/aromatic N) is 1. The van der Waals surface area contributed by atoms with Crippen molar-refractivity contribution in [2.24, 2.45) is 0 Å². The highest BCUT2D eigenvalue weighted by atomic mass is 32.1. The minimum absolute atomic E-state index is 0.0353. The highest BCUT2D eigenvalue weighted by molar-refractivity contribution is 7.10. The van der Waals surface area contributed by atoms with Gasteiger partial charge < -0.3 is 10.1 Å². The average Bonchev–Trinajstić information content (AvgIpc) is 2.79. The van der Waals surface area contributed by atoms with Gasteiger partial charge in [0.15, 0.2) is 5.78 Å². The summed E-state index contributed by atoms with van der Waals surface area (Å²) in [5.41, 5.74) is 3.61. The number of para-hydroxylation sites is 1. The van der Waals surface area contributed by atoms with Crippen LogP contribution in [-0.2, 0) is 11.2 Å². The van der Waals surface area contributed by atoms with Crippen LogP contribution in [0.4, 0.5) is 10.7 Å². The molecule has 1 aromatic carbocycles. The molecule has 0 spiro atoms. The van der Waals surface area contributed by atoms with Crippen molar-refractivity contribution < 1.29 is 9.53 Å². The molecule has 0 unspecified atom stereocenters. The molecule has 0 saturated carbocycles. The number of hydrogen-bond acceptors (Lipinski definition) is 5. The van der Waals surface area contributed by atoms with Crippen LogP contribution in [0.25, 0.3) is 0 Å². The van der Waals surface area contributed by atoms with E-state index in [1.54, 1.807) is 14.0 Å². The van der Waals surface area contributed by atoms with Gasteiger partial charge in [0.05, 0.1) is 17.9 Å². The lowest BCUT2D eigenvalue weighted by atomic mass is 10.1. The molecule has 1 N–H and O–H groups in total. The smallest absolute Gasteiger partial charge is 0.164 e. The summed E-state index contributed by atoms with van der Waals surface area (Å²) >= 11 is 1.32. The molecule has 20 heavy (non-hydrogen) atoms. The van der Waals surface area contributed by atoms with Gasteiger partial charge >= 0.3 is 0 Å². The third-order valence-electron chi connectivity index (χ3n) is 3.06. The summed E-state index contributed by atoms with van der Waals surface area (Å²) in [6.45, 7) is 4.09. The summed E-state index contributed by atoms with van der Waals surface area (Å²) in [6.07, 6.45) is 0.826. The first-order valence-electron chi connectivity index (χ1n) is 6.44. The maximum absolute atomic E-state index is 11.7. The largest absolute Gasteiger partial charge is 0.384 e. The molecule has 5 heteroatoms. The fourth-order valence-electron chi connectivity index (χ4n) is 2.06. The predicted molar refractivity (Wildman–Crippen MR) is 82.2 cm³/mol. The molecule has 0 fully saturated rings. The van der Waals surface area contributed by atoms with Crippen molar-refractivity contribution in [3.05, 3.63) is 41.1 Å². The van der Waals surface area contributed by atoms with Gasteiger partial charge in [-0.05, 0) is 43.4 Å². The Kier molecular flexibility index (Phi) is 4.87. The number of anilines is 2. The minimum atomic E-state index is 0.0353. The first kappa shape index (κ1) is 14.7. The van der Waals surface area contributed by atoms with Crippen molar-refractivity contribution in [1.82, 2.24) is 4.37 Å². The maximum Gasteiger partial charge on any atom is 0.164 e. The lowest BCUT2D eigenvalue weighted by Gasteiger charge is -2.11. The van der Waals surface area contributed by atoms with Gasteiger partial charge in [0.1, 0.15) is 5.00 Å². The van der Waals surface area contributed by atoms with E-state index in [9.17, 15) is 4.79 Å². The van der Waals surface area contributed by atoms with Gasteiger partial charge in [-0.2, -0.15) is 4.37 Å². The summed E-state index contributed by atoms with van der Waals surface area (Å²) in [5, 5.41) is 4.14. The van der Waals surface area contributed by atoms with Gasteiger partial charge in [-0.15, -0.1) is 0 Å². The molecule has 0 amide bonds. The molecule has 0 atom stereocenters. The van der Waals surface area contributed by atoms with Gasteiger partial charge in [-0.1, -0.05) is 18.2 Å². The topological polar surface area (TPSA) is 51.2 Å². The van der Waals surface area contributed by atoms with E-state index in [2.05, 4.69) is 15.8 Å². The van der Waals surface area contributed by atoms with Crippen LogP contribution < -0.4 is 5.32 Å². The molecular weight excluding hydrogens is 272 g/mol. The molecular formula is C15H18N2O2S. The van der Waals surface area contributed by atoms with Crippen molar-refractivity contribution in [3.8, 4) is 0 Å². The first-order chi connectivity index (χ1) is 9.63. The van der Waals surface area contributed by atoms with Crippen LogP contribution in [0.3, 0.4) is 0 Å². The van der Waals surface area contributed by atoms with Crippen molar-refractivity contribution >= 4 is 28.0 Å². The Morgan fingerprint density at radius 3 is 2.85 bits per heavy atom. The molecule has 2 rings (SSSR count). The highest BCUT2D eigenvalue weighted by Crippen LogP contribution is 2.30. The van der Waals surface area contributed by atoms with Gasteiger partial charge in [-0.3, -0.25) is 4.79 Å². The molecule has 106 valence electrons. The highest BCUT2D eigenvalue weighted by Gasteiger charge is 2.15. The Hall–Kier alpha value is -1.72. The van der Waals surface area contributed by atoms with Gasteiger partial charge in [0.25, 0.3) is 0 Å². The quantitative estimate of drug-likeness (QED) is 0.826. The van der Waals surface area contributed by atoms with E-state index in [1.165, 1.54) is 11.5 Å². The number of Topliss-reactive ketones (excluding diaryl/α,β-unsaturated/α-hetero) is 1. The zero-order valence-electron chi connectivity index (χ0n) is 11.9. The number of nitrogens with one attached hydrogen (secondary N) is 1. The molecule has 4 nitrogen and oxygen atoms in total. The van der Waals surface area contributed by atoms with E-state index in [4.69, 9.17) is 4.74 Å². The molecule has 0 aliphatic heterocycles. The lowest BCUT2D eigenvalue weighted by Crippen LogP contribution is -2.02. The second kappa shape index (κ2) is 6.63. The number of rotatable bonds is 6. The van der Waals surface area contributed by atoms with E-state index in [0.717, 1.165) is 28.4 Å². The Labute approximate surface area is 123 Å². The third-order valence-corrected chi connectivity index (χ3v) is 3.91. The van der Waals surface area contributed by atoms with Crippen molar-refractivity contribution in [2.75, 3.05) is 19.0 Å². The molecule has 0 aliphatic rings. The number of ether oxygens (including phenoxy) is 1. The van der Waals surface area contributed by atoms with Crippen molar-refractivity contribution in [2.45, 2.75) is 20.3 Å². The second-order valence-electron chi connectivity index (χ2n) is 4.55. The fraction of sp³-hybridized carbons (Fsp3) is 0.333. The molecule has 0 aliphatic carbocycles. The van der Waals surface area contributed by atoms with Crippen molar-refractivity contribution in [3.63, 3.8) is 0 Å². The van der Waals surface area contributed by atoms with Crippen LogP contribution in [0.5, 0.6) is 0 Å². The Morgan fingerprint density at radius 2 is 2.15 bits per heavy atom. The lowest BCUT2D eigenvalue weighted by molar-refractivity contribution is 0.101. The molecule has 0 radical (unpaired) electrons. The average molecular weight is 290 g/mol. The zero-order valence-corrected chi connectivity index (χ0v) is 12.7. The number of benzene rings is 1. The van der Waals surface area contributed by atoms with Gasteiger partial charge in [0, 0.05) is 12.8 Å². The van der Waals surface area contributed by atoms with E-state index < -0.39 is 0 Å². The zero-order chi connectivity index (χ0) is 14.5. The van der Waals surface area contributed by atoms with E-state index >= 15 is 0 Å². The van der Waals surface area contributed by atoms with Crippen LogP contribution in [0.15, 0.2) is 24.3 Å². The van der Waals surface area contributed by atoms with Crippen LogP contribution in [0.2, 0.25) is 0 Å². The normalized spacial score (nSPS) is 10.6. The minimum Gasteiger partial charge on any atom is -0.384 e. The number of carbonyl (C=O) groups excluding carboxylic acids is 1. The SMILES string of the molecule is COCCc1ccccc1Nc1snc(C)c1C(C)=O. The van der Waals surface area contributed by atoms with Crippen molar-refractivity contribution in [1.29, 1.82) is 0 Å². The van der Waals surface area contributed by atoms with Crippen LogP contribution in [0, 0.1) is 6.92 Å². The molecule has 2 aromatic rings. The summed E-state index contributed by atoms with van der Waals surface area (Å²) in [4.78, 5) is 11.7. The number of ketones is 1. The van der Waals surface area contributed by atoms with Crippen LogP contribution in [-0.4, -0.2) is 23.9 Å².